The summed E-state index contributed by atoms with van der Waals surface area (Å²) in [6.07, 6.45) is 0.198. The molecule has 0 unspecified atom stereocenters. The predicted octanol–water partition coefficient (Wildman–Crippen LogP) is 0.158. The Morgan fingerprint density at radius 1 is 1.25 bits per heavy atom. The second-order valence-corrected chi connectivity index (χ2v) is 7.96. The second kappa shape index (κ2) is 6.40. The van der Waals surface area contributed by atoms with E-state index >= 15 is 0 Å². The van der Waals surface area contributed by atoms with Crippen LogP contribution in [0, 0.1) is 0 Å². The number of amides is 1. The van der Waals surface area contributed by atoms with Gasteiger partial charge in [-0.25, -0.2) is 13.2 Å². The number of carbonyl (C=O) groups is 1. The maximum Gasteiger partial charge on any atom is 0.417 e. The number of fused-ring (bicyclic) bond motifs is 1. The molecule has 1 saturated heterocycles. The van der Waals surface area contributed by atoms with Gasteiger partial charge in [-0.3, -0.25) is 9.78 Å². The number of hydrogen-bond donors (Lipinski definition) is 1. The molecular weight excluding hydrogens is 334 g/mol. The molecule has 0 spiro atoms. The maximum absolute atomic E-state index is 12.4. The van der Waals surface area contributed by atoms with Crippen LogP contribution in [0.1, 0.15) is 12.5 Å². The van der Waals surface area contributed by atoms with E-state index in [1.165, 1.54) is 4.31 Å². The topological polar surface area (TPSA) is 104 Å². The van der Waals surface area contributed by atoms with Crippen molar-refractivity contribution in [2.24, 2.45) is 0 Å². The van der Waals surface area contributed by atoms with Crippen molar-refractivity contribution in [3.63, 3.8) is 0 Å². The summed E-state index contributed by atoms with van der Waals surface area (Å²) in [5, 5.41) is 0. The van der Waals surface area contributed by atoms with Crippen LogP contribution >= 0.6 is 0 Å². The van der Waals surface area contributed by atoms with Crippen LogP contribution in [0.5, 0.6) is 0 Å². The normalized spacial score (nSPS) is 16.6. The van der Waals surface area contributed by atoms with Crippen LogP contribution in [0.25, 0.3) is 11.1 Å². The van der Waals surface area contributed by atoms with E-state index in [2.05, 4.69) is 4.98 Å². The number of nitrogens with zero attached hydrogens (tertiary/aromatic N) is 2. The highest BCUT2D eigenvalue weighted by Gasteiger charge is 2.27. The second-order valence-electron chi connectivity index (χ2n) is 5.70. The maximum atomic E-state index is 12.4. The third-order valence-corrected chi connectivity index (χ3v) is 6.07. The van der Waals surface area contributed by atoms with Gasteiger partial charge in [-0.15, -0.1) is 0 Å². The number of aromatic nitrogens is 1. The quantitative estimate of drug-likeness (QED) is 0.843. The minimum Gasteiger partial charge on any atom is -0.408 e. The zero-order valence-electron chi connectivity index (χ0n) is 13.3. The van der Waals surface area contributed by atoms with Crippen LogP contribution in [0.15, 0.2) is 27.4 Å². The summed E-state index contributed by atoms with van der Waals surface area (Å²) in [6, 6.07) is 5.12. The summed E-state index contributed by atoms with van der Waals surface area (Å²) >= 11 is 0. The van der Waals surface area contributed by atoms with E-state index in [9.17, 15) is 18.0 Å². The van der Waals surface area contributed by atoms with Crippen molar-refractivity contribution in [2.75, 3.05) is 31.9 Å². The molecule has 1 N–H and O–H groups in total. The van der Waals surface area contributed by atoms with Gasteiger partial charge in [0.25, 0.3) is 0 Å². The summed E-state index contributed by atoms with van der Waals surface area (Å²) in [7, 11) is -3.20. The summed E-state index contributed by atoms with van der Waals surface area (Å²) in [6.45, 7) is 3.06. The minimum atomic E-state index is -3.20. The van der Waals surface area contributed by atoms with E-state index in [1.54, 1.807) is 30.0 Å². The molecule has 8 nitrogen and oxygen atoms in total. The average Bonchev–Trinajstić information content (AvgIpc) is 2.94. The number of sulfonamides is 1. The van der Waals surface area contributed by atoms with Crippen molar-refractivity contribution >= 4 is 27.0 Å². The standard InChI is InChI=1S/C15H19N3O5S/c1-2-24(21,22)18-7-5-17(6-8-18)14(19)10-11-3-4-13-12(9-11)16-15(20)23-13/h3-4,9H,2,5-8,10H2,1H3,(H,16,20). The Labute approximate surface area is 139 Å². The number of carbonyl (C=O) groups excluding carboxylic acids is 1. The van der Waals surface area contributed by atoms with Gasteiger partial charge in [-0.2, -0.15) is 4.31 Å². The summed E-state index contributed by atoms with van der Waals surface area (Å²) in [5.41, 5.74) is 1.78. The largest absolute Gasteiger partial charge is 0.417 e. The third-order valence-electron chi connectivity index (χ3n) is 4.19. The molecule has 3 rings (SSSR count). The molecule has 2 heterocycles. The molecule has 1 aromatic heterocycles. The van der Waals surface area contributed by atoms with Gasteiger partial charge in [-0.05, 0) is 24.6 Å². The number of nitrogens with one attached hydrogen (secondary N) is 1. The zero-order valence-corrected chi connectivity index (χ0v) is 14.1. The number of aromatic amines is 1. The van der Waals surface area contributed by atoms with Gasteiger partial charge >= 0.3 is 5.76 Å². The van der Waals surface area contributed by atoms with Crippen molar-refractivity contribution in [1.29, 1.82) is 0 Å². The van der Waals surface area contributed by atoms with Gasteiger partial charge in [-0.1, -0.05) is 6.07 Å². The lowest BCUT2D eigenvalue weighted by Crippen LogP contribution is -2.51. The van der Waals surface area contributed by atoms with Gasteiger partial charge in [0.15, 0.2) is 5.58 Å². The van der Waals surface area contributed by atoms with E-state index in [1.807, 2.05) is 0 Å². The number of oxazole rings is 1. The number of hydrogen-bond acceptors (Lipinski definition) is 5. The summed E-state index contributed by atoms with van der Waals surface area (Å²) in [4.78, 5) is 27.8. The van der Waals surface area contributed by atoms with Gasteiger partial charge < -0.3 is 9.32 Å². The van der Waals surface area contributed by atoms with Gasteiger partial charge in [0, 0.05) is 26.2 Å². The van der Waals surface area contributed by atoms with Gasteiger partial charge in [0.05, 0.1) is 17.7 Å². The number of H-pyrrole nitrogens is 1. The molecule has 1 amide bonds. The fraction of sp³-hybridized carbons (Fsp3) is 0.467. The SMILES string of the molecule is CCS(=O)(=O)N1CCN(C(=O)Cc2ccc3oc(=O)[nH]c3c2)CC1. The van der Waals surface area contributed by atoms with E-state index < -0.39 is 15.8 Å². The Morgan fingerprint density at radius 2 is 1.96 bits per heavy atom. The van der Waals surface area contributed by atoms with E-state index in [0.717, 1.165) is 5.56 Å². The number of rotatable bonds is 4. The zero-order chi connectivity index (χ0) is 17.3. The predicted molar refractivity (Wildman–Crippen MR) is 88.2 cm³/mol. The van der Waals surface area contributed by atoms with E-state index in [0.29, 0.717) is 37.3 Å². The van der Waals surface area contributed by atoms with Crippen LogP contribution in [0.4, 0.5) is 0 Å². The monoisotopic (exact) mass is 353 g/mol. The lowest BCUT2D eigenvalue weighted by atomic mass is 10.1. The van der Waals surface area contributed by atoms with E-state index in [4.69, 9.17) is 4.42 Å². The Morgan fingerprint density at radius 3 is 2.62 bits per heavy atom. The first-order valence-corrected chi connectivity index (χ1v) is 9.37. The van der Waals surface area contributed by atoms with Crippen LogP contribution in [-0.2, 0) is 21.2 Å². The highest BCUT2D eigenvalue weighted by Crippen LogP contribution is 2.14. The molecular formula is C15H19N3O5S. The third kappa shape index (κ3) is 3.36. The lowest BCUT2D eigenvalue weighted by molar-refractivity contribution is -0.131. The fourth-order valence-electron chi connectivity index (χ4n) is 2.79. The molecule has 0 saturated carbocycles. The summed E-state index contributed by atoms with van der Waals surface area (Å²) in [5.74, 6) is -0.514. The molecule has 9 heteroatoms. The molecule has 1 fully saturated rings. The molecule has 0 radical (unpaired) electrons. The first-order valence-electron chi connectivity index (χ1n) is 7.76. The van der Waals surface area contributed by atoms with Crippen molar-refractivity contribution in [3.05, 3.63) is 34.3 Å². The van der Waals surface area contributed by atoms with Crippen LogP contribution in [-0.4, -0.2) is 60.4 Å². The molecule has 0 atom stereocenters. The molecule has 2 aromatic rings. The molecule has 1 aliphatic heterocycles. The van der Waals surface area contributed by atoms with Crippen LogP contribution in [0.3, 0.4) is 0 Å². The Kier molecular flexibility index (Phi) is 4.46. The van der Waals surface area contributed by atoms with Crippen LogP contribution in [0.2, 0.25) is 0 Å². The Hall–Kier alpha value is -2.13. The molecule has 0 bridgehead atoms. The Balaban J connectivity index is 1.64. The smallest absolute Gasteiger partial charge is 0.408 e. The Bertz CT molecular complexity index is 907. The molecule has 130 valence electrons. The van der Waals surface area contributed by atoms with Crippen molar-refractivity contribution in [1.82, 2.24) is 14.2 Å². The average molecular weight is 353 g/mol. The number of piperazine rings is 1. The molecule has 0 aliphatic carbocycles. The van der Waals surface area contributed by atoms with Gasteiger partial charge in [0.2, 0.25) is 15.9 Å². The van der Waals surface area contributed by atoms with Crippen molar-refractivity contribution in [3.8, 4) is 0 Å². The first kappa shape index (κ1) is 16.7. The number of benzene rings is 1. The summed E-state index contributed by atoms with van der Waals surface area (Å²) < 4.78 is 30.0. The molecule has 24 heavy (non-hydrogen) atoms. The fourth-order valence-corrected chi connectivity index (χ4v) is 3.88. The highest BCUT2D eigenvalue weighted by molar-refractivity contribution is 7.89. The molecule has 1 aromatic carbocycles. The van der Waals surface area contributed by atoms with E-state index in [-0.39, 0.29) is 18.1 Å². The van der Waals surface area contributed by atoms with Gasteiger partial charge in [0.1, 0.15) is 0 Å². The molecule has 1 aliphatic rings. The first-order chi connectivity index (χ1) is 11.4. The minimum absolute atomic E-state index is 0.0614. The van der Waals surface area contributed by atoms with Crippen molar-refractivity contribution in [2.45, 2.75) is 13.3 Å². The van der Waals surface area contributed by atoms with Crippen LogP contribution < -0.4 is 5.76 Å². The van der Waals surface area contributed by atoms with Crippen molar-refractivity contribution < 1.29 is 17.6 Å². The lowest BCUT2D eigenvalue weighted by Gasteiger charge is -2.33. The highest BCUT2D eigenvalue weighted by atomic mass is 32.2.